The molecule has 2 heterocycles. The molecule has 0 saturated heterocycles. The Morgan fingerprint density at radius 3 is 2.48 bits per heavy atom. The molecule has 4 rings (SSSR count). The van der Waals surface area contributed by atoms with E-state index >= 15 is 0 Å². The van der Waals surface area contributed by atoms with Crippen LogP contribution in [0.5, 0.6) is 0 Å². The van der Waals surface area contributed by atoms with E-state index in [0.29, 0.717) is 10.0 Å². The number of nitrogens with zero attached hydrogens (tertiary/aromatic N) is 3. The first-order chi connectivity index (χ1) is 13.0. The first kappa shape index (κ1) is 18.1. The Morgan fingerprint density at radius 1 is 0.889 bits per heavy atom. The number of benzene rings is 2. The molecule has 0 fully saturated rings. The zero-order chi connectivity index (χ0) is 19.0. The zero-order valence-electron chi connectivity index (χ0n) is 14.9. The van der Waals surface area contributed by atoms with E-state index in [-0.39, 0.29) is 5.56 Å². The van der Waals surface area contributed by atoms with Gasteiger partial charge in [0.05, 0.1) is 10.0 Å². The fraction of sp³-hybridized carbons (Fsp3) is 0.190. The Bertz CT molecular complexity index is 1050. The van der Waals surface area contributed by atoms with Gasteiger partial charge in [-0.15, -0.1) is 0 Å². The lowest BCUT2D eigenvalue weighted by atomic mass is 10.1. The number of rotatable bonds is 2. The van der Waals surface area contributed by atoms with Gasteiger partial charge in [-0.25, -0.2) is 0 Å². The lowest BCUT2D eigenvalue weighted by Crippen LogP contribution is -2.26. The summed E-state index contributed by atoms with van der Waals surface area (Å²) >= 11 is 12.3. The molecule has 1 aromatic heterocycles. The van der Waals surface area contributed by atoms with Crippen LogP contribution < -0.4 is 10.5 Å². The Morgan fingerprint density at radius 2 is 1.70 bits per heavy atom. The molecule has 27 heavy (non-hydrogen) atoms. The minimum atomic E-state index is -0.0410. The summed E-state index contributed by atoms with van der Waals surface area (Å²) in [6, 6.07) is 17.0. The lowest BCUT2D eigenvalue weighted by Gasteiger charge is -2.25. The molecule has 0 radical (unpaired) electrons. The predicted molar refractivity (Wildman–Crippen MR) is 112 cm³/mol. The quantitative estimate of drug-likeness (QED) is 0.623. The van der Waals surface area contributed by atoms with E-state index in [1.165, 1.54) is 0 Å². The van der Waals surface area contributed by atoms with Crippen molar-refractivity contribution in [2.45, 2.75) is 6.54 Å². The Balaban J connectivity index is 1.82. The van der Waals surface area contributed by atoms with Crippen molar-refractivity contribution in [3.05, 3.63) is 86.8 Å². The molecule has 1 aliphatic heterocycles. The second-order valence-corrected chi connectivity index (χ2v) is 7.52. The predicted octanol–water partition coefficient (Wildman–Crippen LogP) is 4.73. The van der Waals surface area contributed by atoms with E-state index in [2.05, 4.69) is 29.0 Å². The van der Waals surface area contributed by atoms with Crippen LogP contribution in [0.1, 0.15) is 5.56 Å². The van der Waals surface area contributed by atoms with E-state index in [1.807, 2.05) is 30.3 Å². The summed E-state index contributed by atoms with van der Waals surface area (Å²) in [5, 5.41) is 1.09. The molecule has 6 heteroatoms. The third-order valence-electron chi connectivity index (χ3n) is 4.81. The smallest absolute Gasteiger partial charge is 0.255 e. The number of fused-ring (bicyclic) bond motifs is 1. The molecular weight excluding hydrogens is 381 g/mol. The first-order valence-corrected chi connectivity index (χ1v) is 9.50. The number of hydrogen-bond acceptors (Lipinski definition) is 3. The first-order valence-electron chi connectivity index (χ1n) is 8.75. The summed E-state index contributed by atoms with van der Waals surface area (Å²) in [6.07, 6.45) is 1.79. The van der Waals surface area contributed by atoms with E-state index in [1.54, 1.807) is 22.9 Å². The molecule has 138 valence electrons. The van der Waals surface area contributed by atoms with Gasteiger partial charge < -0.3 is 9.80 Å². The largest absolute Gasteiger partial charge is 0.340 e. The number of pyridine rings is 1. The van der Waals surface area contributed by atoms with Crippen LogP contribution in [0.2, 0.25) is 10.0 Å². The summed E-state index contributed by atoms with van der Waals surface area (Å²) in [5.41, 5.74) is 4.11. The number of aromatic nitrogens is 1. The summed E-state index contributed by atoms with van der Waals surface area (Å²) in [6.45, 7) is 2.56. The van der Waals surface area contributed by atoms with Gasteiger partial charge in [0.1, 0.15) is 0 Å². The molecule has 4 nitrogen and oxygen atoms in total. The Labute approximate surface area is 168 Å². The van der Waals surface area contributed by atoms with Gasteiger partial charge >= 0.3 is 0 Å². The normalized spacial score (nSPS) is 14.7. The highest BCUT2D eigenvalue weighted by atomic mass is 35.5. The monoisotopic (exact) mass is 399 g/mol. The Kier molecular flexibility index (Phi) is 4.96. The summed E-state index contributed by atoms with van der Waals surface area (Å²) in [4.78, 5) is 16.7. The molecule has 0 saturated carbocycles. The maximum absolute atomic E-state index is 12.2. The highest BCUT2D eigenvalue weighted by molar-refractivity contribution is 6.42. The van der Waals surface area contributed by atoms with Gasteiger partial charge in [0.2, 0.25) is 0 Å². The molecule has 0 unspecified atom stereocenters. The van der Waals surface area contributed by atoms with Crippen LogP contribution in [0, 0.1) is 0 Å². The second-order valence-electron chi connectivity index (χ2n) is 6.71. The van der Waals surface area contributed by atoms with Crippen molar-refractivity contribution in [2.24, 2.45) is 0 Å². The standard InChI is InChI=1S/C21H19Cl2N3O/c1-24-10-11-25(17-5-7-18(22)19(23)13-17)20-8-6-16(12-15(20)14-24)26-9-3-2-4-21(26)27/h2-9,12-13H,10-11,14H2,1H3. The highest BCUT2D eigenvalue weighted by Crippen LogP contribution is 2.35. The molecule has 0 bridgehead atoms. The van der Waals surface area contributed by atoms with E-state index < -0.39 is 0 Å². The molecule has 0 atom stereocenters. The SMILES string of the molecule is CN1CCN(c2ccc(Cl)c(Cl)c2)c2ccc(-n3ccccc3=O)cc2C1. The molecule has 2 aromatic carbocycles. The van der Waals surface area contributed by atoms with Crippen molar-refractivity contribution in [1.29, 1.82) is 0 Å². The Hall–Kier alpha value is -2.27. The summed E-state index contributed by atoms with van der Waals surface area (Å²) in [7, 11) is 2.10. The second kappa shape index (κ2) is 7.39. The minimum absolute atomic E-state index is 0.0410. The van der Waals surface area contributed by atoms with E-state index in [9.17, 15) is 4.79 Å². The van der Waals surface area contributed by atoms with Crippen LogP contribution >= 0.6 is 23.2 Å². The van der Waals surface area contributed by atoms with Crippen LogP contribution in [0.25, 0.3) is 5.69 Å². The van der Waals surface area contributed by atoms with Crippen LogP contribution in [0.4, 0.5) is 11.4 Å². The molecular formula is C21H19Cl2N3O. The van der Waals surface area contributed by atoms with Gasteiger partial charge in [0.15, 0.2) is 0 Å². The summed E-state index contributed by atoms with van der Waals surface area (Å²) in [5.74, 6) is 0. The van der Waals surface area contributed by atoms with Crippen LogP contribution in [0.3, 0.4) is 0 Å². The van der Waals surface area contributed by atoms with Crippen molar-refractivity contribution >= 4 is 34.6 Å². The molecule has 0 amide bonds. The molecule has 0 spiro atoms. The number of anilines is 2. The van der Waals surface area contributed by atoms with Gasteiger partial charge in [-0.2, -0.15) is 0 Å². The third kappa shape index (κ3) is 3.61. The van der Waals surface area contributed by atoms with Gasteiger partial charge in [0.25, 0.3) is 5.56 Å². The van der Waals surface area contributed by atoms with Crippen molar-refractivity contribution in [1.82, 2.24) is 9.47 Å². The fourth-order valence-corrected chi connectivity index (χ4v) is 3.73. The minimum Gasteiger partial charge on any atom is -0.340 e. The maximum atomic E-state index is 12.2. The van der Waals surface area contributed by atoms with Crippen LogP contribution in [-0.2, 0) is 6.54 Å². The van der Waals surface area contributed by atoms with E-state index in [0.717, 1.165) is 42.3 Å². The fourth-order valence-electron chi connectivity index (χ4n) is 3.43. The number of halogens is 2. The average molecular weight is 400 g/mol. The van der Waals surface area contributed by atoms with Gasteiger partial charge in [0, 0.05) is 49.0 Å². The average Bonchev–Trinajstić information content (AvgIpc) is 2.82. The molecule has 0 aliphatic carbocycles. The van der Waals surface area contributed by atoms with Crippen molar-refractivity contribution in [3.63, 3.8) is 0 Å². The van der Waals surface area contributed by atoms with Crippen molar-refractivity contribution in [2.75, 3.05) is 25.0 Å². The number of likely N-dealkylation sites (N-methyl/N-ethyl adjacent to an activating group) is 1. The van der Waals surface area contributed by atoms with Gasteiger partial charge in [-0.3, -0.25) is 9.36 Å². The number of hydrogen-bond donors (Lipinski definition) is 0. The topological polar surface area (TPSA) is 28.5 Å². The zero-order valence-corrected chi connectivity index (χ0v) is 16.4. The van der Waals surface area contributed by atoms with Crippen LogP contribution in [0.15, 0.2) is 65.6 Å². The lowest BCUT2D eigenvalue weighted by molar-refractivity contribution is 0.343. The molecule has 1 aliphatic rings. The molecule has 0 N–H and O–H groups in total. The van der Waals surface area contributed by atoms with E-state index in [4.69, 9.17) is 23.2 Å². The van der Waals surface area contributed by atoms with Crippen LogP contribution in [-0.4, -0.2) is 29.6 Å². The highest BCUT2D eigenvalue weighted by Gasteiger charge is 2.20. The molecule has 3 aromatic rings. The maximum Gasteiger partial charge on any atom is 0.255 e. The van der Waals surface area contributed by atoms with Gasteiger partial charge in [-0.05, 0) is 55.1 Å². The van der Waals surface area contributed by atoms with Crippen molar-refractivity contribution < 1.29 is 0 Å². The summed E-state index contributed by atoms with van der Waals surface area (Å²) < 4.78 is 1.66. The van der Waals surface area contributed by atoms with Gasteiger partial charge in [-0.1, -0.05) is 29.3 Å². The van der Waals surface area contributed by atoms with Crippen molar-refractivity contribution in [3.8, 4) is 5.69 Å². The third-order valence-corrected chi connectivity index (χ3v) is 5.55.